The van der Waals surface area contributed by atoms with Crippen molar-refractivity contribution >= 4 is 35.1 Å². The van der Waals surface area contributed by atoms with Crippen LogP contribution in [0.4, 0.5) is 5.82 Å². The number of carbonyl (C=O) groups excluding carboxylic acids is 1. The standard InChI is InChI=1S/C17H21N3O5S.H2S/c1-20-7-5-16(19-20)18-17(21)14-9-13(3-4-15(14)24-2)26(22,23)11-12-6-8-25-10-12;/h3-5,7,9,12H,6,8,10-11H2,1-2H3,(H,18,19,21);1H2/t12-;/m0./s1. The molecule has 0 aliphatic carbocycles. The number of aryl methyl sites for hydroxylation is 1. The summed E-state index contributed by atoms with van der Waals surface area (Å²) in [5.41, 5.74) is 0.141. The van der Waals surface area contributed by atoms with Crippen molar-refractivity contribution in [1.29, 1.82) is 0 Å². The zero-order chi connectivity index (χ0) is 18.7. The normalized spacial score (nSPS) is 16.6. The number of benzene rings is 1. The summed E-state index contributed by atoms with van der Waals surface area (Å²) >= 11 is 0. The molecule has 1 aliphatic rings. The second-order valence-corrected chi connectivity index (χ2v) is 8.24. The van der Waals surface area contributed by atoms with Gasteiger partial charge in [-0.3, -0.25) is 9.48 Å². The lowest BCUT2D eigenvalue weighted by molar-refractivity contribution is 0.102. The van der Waals surface area contributed by atoms with Gasteiger partial charge in [0, 0.05) is 25.9 Å². The summed E-state index contributed by atoms with van der Waals surface area (Å²) in [6.45, 7) is 1.03. The number of hydrogen-bond donors (Lipinski definition) is 1. The van der Waals surface area contributed by atoms with E-state index in [-0.39, 0.29) is 35.6 Å². The van der Waals surface area contributed by atoms with Gasteiger partial charge in [-0.1, -0.05) is 0 Å². The molecule has 148 valence electrons. The number of anilines is 1. The molecule has 0 saturated carbocycles. The molecule has 2 aromatic rings. The lowest BCUT2D eigenvalue weighted by Gasteiger charge is -2.12. The van der Waals surface area contributed by atoms with E-state index in [1.807, 2.05) is 0 Å². The maximum absolute atomic E-state index is 12.7. The molecule has 0 unspecified atom stereocenters. The second-order valence-electron chi connectivity index (χ2n) is 6.20. The van der Waals surface area contributed by atoms with Gasteiger partial charge in [-0.2, -0.15) is 18.6 Å². The summed E-state index contributed by atoms with van der Waals surface area (Å²) in [4.78, 5) is 12.7. The molecule has 8 nitrogen and oxygen atoms in total. The Kier molecular flexibility index (Phi) is 6.90. The van der Waals surface area contributed by atoms with E-state index in [4.69, 9.17) is 9.47 Å². The predicted molar refractivity (Wildman–Crippen MR) is 106 cm³/mol. The lowest BCUT2D eigenvalue weighted by Crippen LogP contribution is -2.18. The first-order valence-electron chi connectivity index (χ1n) is 8.18. The number of nitrogens with zero attached hydrogens (tertiary/aromatic N) is 2. The van der Waals surface area contributed by atoms with E-state index in [1.165, 1.54) is 25.3 Å². The summed E-state index contributed by atoms with van der Waals surface area (Å²) in [7, 11) is -0.369. The molecule has 3 rings (SSSR count). The quantitative estimate of drug-likeness (QED) is 0.772. The topological polar surface area (TPSA) is 99.5 Å². The number of methoxy groups -OCH3 is 1. The Labute approximate surface area is 165 Å². The molecule has 1 atom stereocenters. The average Bonchev–Trinajstić information content (AvgIpc) is 3.25. The molecule has 10 heteroatoms. The van der Waals surface area contributed by atoms with Crippen LogP contribution in [0, 0.1) is 5.92 Å². The van der Waals surface area contributed by atoms with Crippen molar-refractivity contribution < 1.29 is 22.7 Å². The smallest absolute Gasteiger partial charge is 0.260 e. The first kappa shape index (κ1) is 21.3. The van der Waals surface area contributed by atoms with Crippen molar-refractivity contribution in [3.8, 4) is 5.75 Å². The monoisotopic (exact) mass is 413 g/mol. The molecule has 1 N–H and O–H groups in total. The van der Waals surface area contributed by atoms with E-state index in [1.54, 1.807) is 24.0 Å². The largest absolute Gasteiger partial charge is 0.496 e. The molecule has 1 fully saturated rings. The van der Waals surface area contributed by atoms with Crippen LogP contribution in [0.15, 0.2) is 35.4 Å². The van der Waals surface area contributed by atoms with Crippen molar-refractivity contribution in [2.24, 2.45) is 13.0 Å². The third kappa shape index (κ3) is 5.02. The van der Waals surface area contributed by atoms with Gasteiger partial charge in [-0.05, 0) is 30.5 Å². The van der Waals surface area contributed by atoms with Crippen LogP contribution in [0.1, 0.15) is 16.8 Å². The minimum atomic E-state index is -3.53. The molecule has 1 amide bonds. The van der Waals surface area contributed by atoms with Gasteiger partial charge < -0.3 is 14.8 Å². The number of nitrogens with one attached hydrogen (secondary N) is 1. The number of ether oxygens (including phenoxy) is 2. The maximum Gasteiger partial charge on any atom is 0.260 e. The second kappa shape index (κ2) is 8.77. The van der Waals surface area contributed by atoms with Crippen LogP contribution in [0.3, 0.4) is 0 Å². The molecular weight excluding hydrogens is 390 g/mol. The minimum absolute atomic E-state index is 0. The van der Waals surface area contributed by atoms with Gasteiger partial charge in [0.25, 0.3) is 5.91 Å². The van der Waals surface area contributed by atoms with Gasteiger partial charge in [0.15, 0.2) is 15.7 Å². The fraction of sp³-hybridized carbons (Fsp3) is 0.412. The van der Waals surface area contributed by atoms with Crippen LogP contribution >= 0.6 is 13.5 Å². The van der Waals surface area contributed by atoms with Gasteiger partial charge in [-0.15, -0.1) is 0 Å². The van der Waals surface area contributed by atoms with Gasteiger partial charge in [0.2, 0.25) is 0 Å². The van der Waals surface area contributed by atoms with E-state index in [2.05, 4.69) is 10.4 Å². The van der Waals surface area contributed by atoms with E-state index in [0.717, 1.165) is 6.42 Å². The zero-order valence-corrected chi connectivity index (χ0v) is 17.0. The first-order chi connectivity index (χ1) is 12.4. The number of rotatable bonds is 6. The summed E-state index contributed by atoms with van der Waals surface area (Å²) in [5, 5.41) is 6.72. The molecule has 0 bridgehead atoms. The molecule has 1 aromatic carbocycles. The highest BCUT2D eigenvalue weighted by Gasteiger charge is 2.26. The van der Waals surface area contributed by atoms with E-state index >= 15 is 0 Å². The fourth-order valence-electron chi connectivity index (χ4n) is 2.84. The van der Waals surface area contributed by atoms with Crippen molar-refractivity contribution in [3.63, 3.8) is 0 Å². The highest BCUT2D eigenvalue weighted by molar-refractivity contribution is 7.91. The third-order valence-corrected chi connectivity index (χ3v) is 6.09. The molecule has 2 heterocycles. The fourth-order valence-corrected chi connectivity index (χ4v) is 4.49. The van der Waals surface area contributed by atoms with Gasteiger partial charge in [0.1, 0.15) is 5.75 Å². The van der Waals surface area contributed by atoms with Crippen molar-refractivity contribution in [3.05, 3.63) is 36.0 Å². The Bertz CT molecular complexity index is 905. The highest BCUT2D eigenvalue weighted by atomic mass is 32.2. The van der Waals surface area contributed by atoms with Gasteiger partial charge in [-0.25, -0.2) is 8.42 Å². The Hall–Kier alpha value is -2.04. The average molecular weight is 414 g/mol. The number of sulfone groups is 1. The lowest BCUT2D eigenvalue weighted by atomic mass is 10.2. The van der Waals surface area contributed by atoms with Crippen LogP contribution < -0.4 is 10.1 Å². The summed E-state index contributed by atoms with van der Waals surface area (Å²) < 4.78 is 37.4. The Balaban J connectivity index is 0.00000261. The number of amides is 1. The van der Waals surface area contributed by atoms with Crippen molar-refractivity contribution in [2.75, 3.05) is 31.4 Å². The molecule has 1 aromatic heterocycles. The van der Waals surface area contributed by atoms with Crippen LogP contribution in [-0.4, -0.2) is 50.2 Å². The highest BCUT2D eigenvalue weighted by Crippen LogP contribution is 2.26. The van der Waals surface area contributed by atoms with Gasteiger partial charge >= 0.3 is 0 Å². The zero-order valence-electron chi connectivity index (χ0n) is 15.1. The van der Waals surface area contributed by atoms with E-state index < -0.39 is 15.7 Å². The molecule has 27 heavy (non-hydrogen) atoms. The minimum Gasteiger partial charge on any atom is -0.496 e. The molecule has 1 saturated heterocycles. The van der Waals surface area contributed by atoms with Crippen LogP contribution in [0.25, 0.3) is 0 Å². The van der Waals surface area contributed by atoms with Crippen LogP contribution in [-0.2, 0) is 21.6 Å². The maximum atomic E-state index is 12.7. The van der Waals surface area contributed by atoms with Crippen molar-refractivity contribution in [2.45, 2.75) is 11.3 Å². The Morgan fingerprint density at radius 2 is 2.19 bits per heavy atom. The number of aromatic nitrogens is 2. The first-order valence-corrected chi connectivity index (χ1v) is 9.84. The number of carbonyl (C=O) groups is 1. The van der Waals surface area contributed by atoms with Crippen LogP contribution in [0.5, 0.6) is 5.75 Å². The van der Waals surface area contributed by atoms with E-state index in [9.17, 15) is 13.2 Å². The van der Waals surface area contributed by atoms with Crippen LogP contribution in [0.2, 0.25) is 0 Å². The molecule has 0 radical (unpaired) electrons. The SMILES string of the molecule is COc1ccc(S(=O)(=O)C[C@H]2CCOC2)cc1C(=O)Nc1ccn(C)n1.S. The predicted octanol–water partition coefficient (Wildman–Crippen LogP) is 1.60. The summed E-state index contributed by atoms with van der Waals surface area (Å²) in [6.07, 6.45) is 2.42. The van der Waals surface area contributed by atoms with Gasteiger partial charge in [0.05, 0.1) is 29.9 Å². The number of hydrogen-bond acceptors (Lipinski definition) is 6. The molecule has 1 aliphatic heterocycles. The summed E-state index contributed by atoms with van der Waals surface area (Å²) in [5.74, 6) is 0.160. The molecular formula is C17H23N3O5S2. The summed E-state index contributed by atoms with van der Waals surface area (Å²) in [6, 6.07) is 5.94. The van der Waals surface area contributed by atoms with Crippen molar-refractivity contribution in [1.82, 2.24) is 9.78 Å². The third-order valence-electron chi connectivity index (χ3n) is 4.21. The Morgan fingerprint density at radius 1 is 1.41 bits per heavy atom. The van der Waals surface area contributed by atoms with E-state index in [0.29, 0.717) is 24.8 Å². The molecule has 0 spiro atoms. The Morgan fingerprint density at radius 3 is 2.78 bits per heavy atom.